The van der Waals surface area contributed by atoms with Crippen molar-refractivity contribution in [2.45, 2.75) is 70.8 Å². The number of benzene rings is 2. The van der Waals surface area contributed by atoms with E-state index in [1.807, 2.05) is 18.9 Å². The number of carbonyl (C=O) groups is 2. The first-order valence-electron chi connectivity index (χ1n) is 14.3. The van der Waals surface area contributed by atoms with Crippen LogP contribution in [0.4, 0.5) is 18.9 Å². The molecule has 2 aromatic rings. The van der Waals surface area contributed by atoms with Crippen molar-refractivity contribution in [3.8, 4) is 5.75 Å². The summed E-state index contributed by atoms with van der Waals surface area (Å²) >= 11 is 0. The van der Waals surface area contributed by atoms with Gasteiger partial charge < -0.3 is 20.1 Å². The van der Waals surface area contributed by atoms with Crippen LogP contribution in [0.3, 0.4) is 0 Å². The molecule has 1 heterocycles. The van der Waals surface area contributed by atoms with Crippen LogP contribution in [0, 0.1) is 11.8 Å². The molecule has 1 aliphatic carbocycles. The molecule has 0 bridgehead atoms. The van der Waals surface area contributed by atoms with Crippen LogP contribution in [0.2, 0.25) is 0 Å². The Bertz CT molecular complexity index is 1200. The topological polar surface area (TPSA) is 82.1 Å². The lowest BCUT2D eigenvalue weighted by Gasteiger charge is -2.38. The highest BCUT2D eigenvalue weighted by Gasteiger charge is 2.34. The number of nitrogens with one attached hydrogen (secondary N) is 1. The van der Waals surface area contributed by atoms with Crippen molar-refractivity contribution in [1.82, 2.24) is 9.80 Å². The first-order valence-corrected chi connectivity index (χ1v) is 14.3. The molecule has 0 aromatic heterocycles. The van der Waals surface area contributed by atoms with Gasteiger partial charge in [0.2, 0.25) is 5.91 Å². The normalized spacial score (nSPS) is 21.1. The van der Waals surface area contributed by atoms with E-state index >= 15 is 0 Å². The van der Waals surface area contributed by atoms with E-state index in [2.05, 4.69) is 5.32 Å². The molecule has 41 heavy (non-hydrogen) atoms. The summed E-state index contributed by atoms with van der Waals surface area (Å²) in [6, 6.07) is 9.77. The molecule has 2 aromatic carbocycles. The Kier molecular flexibility index (Phi) is 9.96. The maximum absolute atomic E-state index is 13.7. The summed E-state index contributed by atoms with van der Waals surface area (Å²) in [7, 11) is 1.87. The quantitative estimate of drug-likeness (QED) is 0.430. The Balaban J connectivity index is 1.53. The number of amides is 2. The highest BCUT2D eigenvalue weighted by atomic mass is 19.4. The number of fused-ring (bicyclic) bond motifs is 1. The number of ether oxygens (including phenoxy) is 1. The first kappa shape index (κ1) is 30.8. The highest BCUT2D eigenvalue weighted by Crippen LogP contribution is 2.32. The number of carbonyl (C=O) groups excluding carboxylic acids is 2. The lowest BCUT2D eigenvalue weighted by atomic mass is 9.88. The maximum Gasteiger partial charge on any atom is 0.416 e. The van der Waals surface area contributed by atoms with Gasteiger partial charge in [-0.15, -0.1) is 0 Å². The smallest absolute Gasteiger partial charge is 0.416 e. The van der Waals surface area contributed by atoms with Gasteiger partial charge in [-0.3, -0.25) is 14.5 Å². The molecule has 0 unspecified atom stereocenters. The lowest BCUT2D eigenvalue weighted by Crippen LogP contribution is -2.49. The Morgan fingerprint density at radius 2 is 1.83 bits per heavy atom. The van der Waals surface area contributed by atoms with E-state index in [0.717, 1.165) is 49.8 Å². The third kappa shape index (κ3) is 7.80. The van der Waals surface area contributed by atoms with E-state index in [9.17, 15) is 27.9 Å². The van der Waals surface area contributed by atoms with E-state index in [-0.39, 0.29) is 36.4 Å². The third-order valence-corrected chi connectivity index (χ3v) is 8.13. The van der Waals surface area contributed by atoms with Gasteiger partial charge in [0.15, 0.2) is 0 Å². The summed E-state index contributed by atoms with van der Waals surface area (Å²) in [6.07, 6.45) is 0.211. The van der Waals surface area contributed by atoms with Gasteiger partial charge in [-0.25, -0.2) is 0 Å². The Labute approximate surface area is 239 Å². The number of nitrogens with zero attached hydrogens (tertiary/aromatic N) is 2. The number of anilines is 1. The number of rotatable bonds is 8. The van der Waals surface area contributed by atoms with Gasteiger partial charge in [-0.1, -0.05) is 38.3 Å². The van der Waals surface area contributed by atoms with E-state index in [1.54, 1.807) is 30.0 Å². The van der Waals surface area contributed by atoms with Crippen LogP contribution in [0.5, 0.6) is 5.75 Å². The Hall–Kier alpha value is -3.11. The molecular formula is C31H40F3N3O4. The van der Waals surface area contributed by atoms with E-state index in [1.165, 1.54) is 12.1 Å². The predicted octanol–water partition coefficient (Wildman–Crippen LogP) is 5.58. The van der Waals surface area contributed by atoms with Gasteiger partial charge >= 0.3 is 6.18 Å². The first-order chi connectivity index (χ1) is 19.5. The highest BCUT2D eigenvalue weighted by molar-refractivity contribution is 6.00. The molecule has 2 N–H and O–H groups in total. The van der Waals surface area contributed by atoms with Crippen molar-refractivity contribution in [3.63, 3.8) is 0 Å². The van der Waals surface area contributed by atoms with Gasteiger partial charge in [0.1, 0.15) is 11.9 Å². The number of aliphatic hydroxyl groups excluding tert-OH is 1. The summed E-state index contributed by atoms with van der Waals surface area (Å²) < 4.78 is 45.3. The number of halogens is 3. The summed E-state index contributed by atoms with van der Waals surface area (Å²) in [5.41, 5.74) is 0.893. The summed E-state index contributed by atoms with van der Waals surface area (Å²) in [5.74, 6) is -0.0734. The van der Waals surface area contributed by atoms with Crippen molar-refractivity contribution in [3.05, 3.63) is 59.2 Å². The predicted molar refractivity (Wildman–Crippen MR) is 151 cm³/mol. The van der Waals surface area contributed by atoms with Crippen LogP contribution < -0.4 is 10.1 Å². The molecule has 224 valence electrons. The number of hydrogen-bond donors (Lipinski definition) is 2. The van der Waals surface area contributed by atoms with Crippen molar-refractivity contribution in [1.29, 1.82) is 0 Å². The van der Waals surface area contributed by atoms with E-state index in [0.29, 0.717) is 36.6 Å². The molecule has 0 spiro atoms. The van der Waals surface area contributed by atoms with Crippen LogP contribution in [-0.2, 0) is 17.5 Å². The largest absolute Gasteiger partial charge is 0.488 e. The fourth-order valence-electron chi connectivity index (χ4n) is 5.61. The second-order valence-electron chi connectivity index (χ2n) is 11.5. The molecular weight excluding hydrogens is 535 g/mol. The fraction of sp³-hybridized carbons (Fsp3) is 0.548. The second-order valence-corrected chi connectivity index (χ2v) is 11.5. The number of alkyl halides is 3. The van der Waals surface area contributed by atoms with E-state index < -0.39 is 17.8 Å². The Morgan fingerprint density at radius 1 is 1.15 bits per heavy atom. The van der Waals surface area contributed by atoms with Crippen molar-refractivity contribution < 1.29 is 32.6 Å². The molecule has 10 heteroatoms. The molecule has 1 aliphatic heterocycles. The summed E-state index contributed by atoms with van der Waals surface area (Å²) in [5, 5.41) is 12.9. The zero-order valence-corrected chi connectivity index (χ0v) is 23.9. The minimum Gasteiger partial charge on any atom is -0.488 e. The zero-order valence-electron chi connectivity index (χ0n) is 23.9. The fourth-order valence-corrected chi connectivity index (χ4v) is 5.61. The zero-order chi connectivity index (χ0) is 29.7. The lowest BCUT2D eigenvalue weighted by molar-refractivity contribution is -0.137. The average Bonchev–Trinajstić information content (AvgIpc) is 2.95. The van der Waals surface area contributed by atoms with Gasteiger partial charge in [0.25, 0.3) is 5.91 Å². The molecule has 0 saturated heterocycles. The summed E-state index contributed by atoms with van der Waals surface area (Å²) in [6.45, 7) is 4.78. The van der Waals surface area contributed by atoms with Crippen LogP contribution in [0.15, 0.2) is 42.5 Å². The SMILES string of the molecule is C[C@H](CO)N1C[C@H](C)[C@H](CN(C)Cc2ccc(C(F)(F)F)cc2)Oc2ccc(NC(=O)C3CCCCC3)cc2C1=O. The molecule has 1 saturated carbocycles. The van der Waals surface area contributed by atoms with E-state index in [4.69, 9.17) is 4.74 Å². The van der Waals surface area contributed by atoms with Gasteiger partial charge in [0.05, 0.1) is 23.8 Å². The third-order valence-electron chi connectivity index (χ3n) is 8.13. The van der Waals surface area contributed by atoms with Gasteiger partial charge in [-0.2, -0.15) is 13.2 Å². The molecule has 3 atom stereocenters. The molecule has 2 amide bonds. The van der Waals surface area contributed by atoms with Crippen molar-refractivity contribution >= 4 is 17.5 Å². The minimum atomic E-state index is -4.38. The number of likely N-dealkylation sites (N-methyl/N-ethyl adjacent to an activating group) is 1. The number of aliphatic hydroxyl groups is 1. The van der Waals surface area contributed by atoms with Crippen LogP contribution >= 0.6 is 0 Å². The van der Waals surface area contributed by atoms with Crippen LogP contribution in [-0.4, -0.2) is 65.6 Å². The molecule has 1 fully saturated rings. The molecule has 7 nitrogen and oxygen atoms in total. The van der Waals surface area contributed by atoms with Gasteiger partial charge in [-0.05, 0) is 62.7 Å². The van der Waals surface area contributed by atoms with Crippen molar-refractivity contribution in [2.24, 2.45) is 11.8 Å². The maximum atomic E-state index is 13.7. The molecule has 4 rings (SSSR count). The van der Waals surface area contributed by atoms with Gasteiger partial charge in [0, 0.05) is 37.2 Å². The van der Waals surface area contributed by atoms with Crippen molar-refractivity contribution in [2.75, 3.05) is 32.1 Å². The Morgan fingerprint density at radius 3 is 2.46 bits per heavy atom. The molecule has 2 aliphatic rings. The summed E-state index contributed by atoms with van der Waals surface area (Å²) in [4.78, 5) is 30.2. The van der Waals surface area contributed by atoms with Crippen LogP contribution in [0.25, 0.3) is 0 Å². The molecule has 0 radical (unpaired) electrons. The standard InChI is InChI=1S/C31H40F3N3O4/c1-20-16-37(21(2)19-38)30(40)26-15-25(35-29(39)23-7-5-4-6-8-23)13-14-27(26)41-28(20)18-36(3)17-22-9-11-24(12-10-22)31(32,33)34/h9-15,20-21,23,28,38H,4-8,16-19H2,1-3H3,(H,35,39)/t20-,21+,28-/m0/s1. The monoisotopic (exact) mass is 575 g/mol. The van der Waals surface area contributed by atoms with Crippen LogP contribution in [0.1, 0.15) is 67.4 Å². The number of hydrogen-bond acceptors (Lipinski definition) is 5. The average molecular weight is 576 g/mol. The minimum absolute atomic E-state index is 0.0333. The second kappa shape index (κ2) is 13.2.